The zero-order valence-corrected chi connectivity index (χ0v) is 11.6. The highest BCUT2D eigenvalue weighted by Gasteiger charge is 2.04. The fraction of sp³-hybridized carbons (Fsp3) is 0.133. The quantitative estimate of drug-likeness (QED) is 0.832. The molecule has 0 radical (unpaired) electrons. The Morgan fingerprint density at radius 3 is 2.55 bits per heavy atom. The van der Waals surface area contributed by atoms with Gasteiger partial charge in [0.05, 0.1) is 0 Å². The number of hydrogen-bond acceptors (Lipinski definition) is 3. The highest BCUT2D eigenvalue weighted by molar-refractivity contribution is 6.30. The van der Waals surface area contributed by atoms with Crippen LogP contribution < -0.4 is 15.8 Å². The number of rotatable bonds is 5. The van der Waals surface area contributed by atoms with Crippen LogP contribution in [0.5, 0.6) is 5.75 Å². The van der Waals surface area contributed by atoms with E-state index in [0.29, 0.717) is 23.0 Å². The van der Waals surface area contributed by atoms with Crippen molar-refractivity contribution in [3.05, 3.63) is 59.1 Å². The van der Waals surface area contributed by atoms with E-state index in [1.54, 1.807) is 30.3 Å². The van der Waals surface area contributed by atoms with Crippen molar-refractivity contribution in [2.45, 2.75) is 6.54 Å². The van der Waals surface area contributed by atoms with Crippen LogP contribution in [-0.2, 0) is 11.3 Å². The third-order valence-corrected chi connectivity index (χ3v) is 2.97. The minimum atomic E-state index is -0.205. The molecule has 0 heterocycles. The number of carbonyl (C=O) groups is 1. The summed E-state index contributed by atoms with van der Waals surface area (Å²) in [6.07, 6.45) is 0. The lowest BCUT2D eigenvalue weighted by atomic mass is 10.2. The Kier molecular flexibility index (Phi) is 4.85. The van der Waals surface area contributed by atoms with Crippen molar-refractivity contribution in [3.63, 3.8) is 0 Å². The average molecular weight is 291 g/mol. The van der Waals surface area contributed by atoms with E-state index in [-0.39, 0.29) is 12.5 Å². The van der Waals surface area contributed by atoms with E-state index in [0.717, 1.165) is 5.56 Å². The van der Waals surface area contributed by atoms with Crippen LogP contribution in [0.2, 0.25) is 5.02 Å². The molecule has 0 bridgehead atoms. The lowest BCUT2D eigenvalue weighted by molar-refractivity contribution is -0.123. The van der Waals surface area contributed by atoms with Crippen LogP contribution >= 0.6 is 11.6 Å². The Bertz CT molecular complexity index is 585. The monoisotopic (exact) mass is 290 g/mol. The first-order valence-electron chi connectivity index (χ1n) is 6.13. The summed E-state index contributed by atoms with van der Waals surface area (Å²) in [6.45, 7) is 0.337. The minimum Gasteiger partial charge on any atom is -0.484 e. The Labute approximate surface area is 122 Å². The summed E-state index contributed by atoms with van der Waals surface area (Å²) >= 11 is 5.76. The number of halogens is 1. The van der Waals surface area contributed by atoms with Gasteiger partial charge in [-0.05, 0) is 35.9 Å². The molecule has 0 saturated heterocycles. The molecular formula is C15H15ClN2O2. The van der Waals surface area contributed by atoms with E-state index in [2.05, 4.69) is 5.32 Å². The fourth-order valence-corrected chi connectivity index (χ4v) is 1.75. The highest BCUT2D eigenvalue weighted by atomic mass is 35.5. The number of anilines is 1. The van der Waals surface area contributed by atoms with Crippen LogP contribution in [0.15, 0.2) is 48.5 Å². The molecule has 1 amide bonds. The molecule has 5 heteroatoms. The predicted octanol–water partition coefficient (Wildman–Crippen LogP) is 2.62. The van der Waals surface area contributed by atoms with Crippen LogP contribution in [0.3, 0.4) is 0 Å². The van der Waals surface area contributed by atoms with Gasteiger partial charge in [-0.25, -0.2) is 0 Å². The molecule has 0 fully saturated rings. The van der Waals surface area contributed by atoms with E-state index in [1.807, 2.05) is 18.2 Å². The molecule has 0 unspecified atom stereocenters. The van der Waals surface area contributed by atoms with Gasteiger partial charge in [0.2, 0.25) is 0 Å². The summed E-state index contributed by atoms with van der Waals surface area (Å²) in [5.74, 6) is 0.395. The zero-order valence-electron chi connectivity index (χ0n) is 10.8. The SMILES string of the molecule is Nc1ccccc1CNC(=O)COc1ccc(Cl)cc1. The molecule has 2 aromatic rings. The molecule has 0 aliphatic carbocycles. The van der Waals surface area contributed by atoms with E-state index >= 15 is 0 Å². The third-order valence-electron chi connectivity index (χ3n) is 2.71. The minimum absolute atomic E-state index is 0.0473. The number of hydrogen-bond donors (Lipinski definition) is 2. The van der Waals surface area contributed by atoms with Gasteiger partial charge in [-0.2, -0.15) is 0 Å². The molecule has 0 spiro atoms. The lowest BCUT2D eigenvalue weighted by Crippen LogP contribution is -2.28. The molecule has 0 aliphatic rings. The molecule has 0 aliphatic heterocycles. The number of para-hydroxylation sites is 1. The summed E-state index contributed by atoms with van der Waals surface area (Å²) < 4.78 is 5.34. The van der Waals surface area contributed by atoms with Crippen molar-refractivity contribution >= 4 is 23.2 Å². The summed E-state index contributed by atoms with van der Waals surface area (Å²) in [5.41, 5.74) is 7.33. The smallest absolute Gasteiger partial charge is 0.258 e. The highest BCUT2D eigenvalue weighted by Crippen LogP contribution is 2.15. The summed E-state index contributed by atoms with van der Waals surface area (Å²) in [5, 5.41) is 3.38. The van der Waals surface area contributed by atoms with E-state index in [4.69, 9.17) is 22.1 Å². The summed E-state index contributed by atoms with van der Waals surface area (Å²) in [4.78, 5) is 11.7. The first kappa shape index (κ1) is 14.2. The van der Waals surface area contributed by atoms with Crippen molar-refractivity contribution in [3.8, 4) is 5.75 Å². The second kappa shape index (κ2) is 6.82. The average Bonchev–Trinajstić information content (AvgIpc) is 2.46. The van der Waals surface area contributed by atoms with Crippen LogP contribution in [0, 0.1) is 0 Å². The molecule has 0 saturated carbocycles. The molecule has 0 aromatic heterocycles. The largest absolute Gasteiger partial charge is 0.484 e. The predicted molar refractivity (Wildman–Crippen MR) is 79.6 cm³/mol. The maximum atomic E-state index is 11.7. The topological polar surface area (TPSA) is 64.3 Å². The van der Waals surface area contributed by atoms with Crippen molar-refractivity contribution in [2.75, 3.05) is 12.3 Å². The standard InChI is InChI=1S/C15H15ClN2O2/c16-12-5-7-13(8-6-12)20-10-15(19)18-9-11-3-1-2-4-14(11)17/h1-8H,9-10,17H2,(H,18,19). The molecule has 2 rings (SSSR count). The fourth-order valence-electron chi connectivity index (χ4n) is 1.62. The van der Waals surface area contributed by atoms with E-state index in [1.165, 1.54) is 0 Å². The van der Waals surface area contributed by atoms with Gasteiger partial charge in [0, 0.05) is 17.3 Å². The number of amides is 1. The molecular weight excluding hydrogens is 276 g/mol. The van der Waals surface area contributed by atoms with Crippen molar-refractivity contribution in [1.29, 1.82) is 0 Å². The van der Waals surface area contributed by atoms with Crippen LogP contribution in [0.25, 0.3) is 0 Å². The van der Waals surface area contributed by atoms with Crippen molar-refractivity contribution in [1.82, 2.24) is 5.32 Å². The first-order valence-corrected chi connectivity index (χ1v) is 6.51. The van der Waals surface area contributed by atoms with Gasteiger partial charge in [-0.3, -0.25) is 4.79 Å². The summed E-state index contributed by atoms with van der Waals surface area (Å²) in [6, 6.07) is 14.2. The van der Waals surface area contributed by atoms with Gasteiger partial charge >= 0.3 is 0 Å². The number of ether oxygens (including phenoxy) is 1. The van der Waals surface area contributed by atoms with Gasteiger partial charge in [0.1, 0.15) is 5.75 Å². The number of carbonyl (C=O) groups excluding carboxylic acids is 1. The number of nitrogen functional groups attached to an aromatic ring is 1. The first-order chi connectivity index (χ1) is 9.65. The number of nitrogens with two attached hydrogens (primary N) is 1. The van der Waals surface area contributed by atoms with Crippen molar-refractivity contribution in [2.24, 2.45) is 0 Å². The molecule has 0 atom stereocenters. The van der Waals surface area contributed by atoms with E-state index < -0.39 is 0 Å². The van der Waals surface area contributed by atoms with Gasteiger partial charge in [0.25, 0.3) is 5.91 Å². The van der Waals surface area contributed by atoms with Gasteiger partial charge < -0.3 is 15.8 Å². The second-order valence-electron chi connectivity index (χ2n) is 4.22. The molecule has 2 aromatic carbocycles. The molecule has 4 nitrogen and oxygen atoms in total. The Balaban J connectivity index is 1.78. The maximum Gasteiger partial charge on any atom is 0.258 e. The normalized spacial score (nSPS) is 10.1. The van der Waals surface area contributed by atoms with Gasteiger partial charge in [-0.15, -0.1) is 0 Å². The van der Waals surface area contributed by atoms with Gasteiger partial charge in [0.15, 0.2) is 6.61 Å². The molecule has 20 heavy (non-hydrogen) atoms. The third kappa shape index (κ3) is 4.17. The lowest BCUT2D eigenvalue weighted by Gasteiger charge is -2.09. The van der Waals surface area contributed by atoms with Crippen LogP contribution in [0.4, 0.5) is 5.69 Å². The van der Waals surface area contributed by atoms with E-state index in [9.17, 15) is 4.79 Å². The van der Waals surface area contributed by atoms with Gasteiger partial charge in [-0.1, -0.05) is 29.8 Å². The van der Waals surface area contributed by atoms with Crippen LogP contribution in [0.1, 0.15) is 5.56 Å². The Hall–Kier alpha value is -2.20. The number of nitrogens with one attached hydrogen (secondary N) is 1. The second-order valence-corrected chi connectivity index (χ2v) is 4.65. The zero-order chi connectivity index (χ0) is 14.4. The summed E-state index contributed by atoms with van der Waals surface area (Å²) in [7, 11) is 0. The number of benzene rings is 2. The van der Waals surface area contributed by atoms with Crippen molar-refractivity contribution < 1.29 is 9.53 Å². The Morgan fingerprint density at radius 1 is 1.15 bits per heavy atom. The molecule has 3 N–H and O–H groups in total. The maximum absolute atomic E-state index is 11.7. The molecule has 104 valence electrons. The van der Waals surface area contributed by atoms with Crippen LogP contribution in [-0.4, -0.2) is 12.5 Å². The Morgan fingerprint density at radius 2 is 1.85 bits per heavy atom.